The summed E-state index contributed by atoms with van der Waals surface area (Å²) in [6.45, 7) is 1.71. The van der Waals surface area contributed by atoms with Gasteiger partial charge in [0.25, 0.3) is 23.3 Å². The molecule has 3 aromatic rings. The van der Waals surface area contributed by atoms with Crippen LogP contribution in [0.5, 0.6) is 0 Å². The van der Waals surface area contributed by atoms with E-state index >= 15 is 0 Å². The Morgan fingerprint density at radius 1 is 1.06 bits per heavy atom. The van der Waals surface area contributed by atoms with E-state index in [1.807, 2.05) is 12.1 Å². The molecule has 2 N–H and O–H groups in total. The van der Waals surface area contributed by atoms with Gasteiger partial charge in [-0.2, -0.15) is 5.10 Å². The maximum absolute atomic E-state index is 13.3. The molecule has 2 saturated heterocycles. The van der Waals surface area contributed by atoms with Crippen molar-refractivity contribution in [2.45, 2.75) is 37.3 Å². The fraction of sp³-hybridized carbons (Fsp3) is 0.343. The summed E-state index contributed by atoms with van der Waals surface area (Å²) in [7, 11) is 5.29. The maximum atomic E-state index is 13.3. The van der Waals surface area contributed by atoms with Gasteiger partial charge in [0.2, 0.25) is 11.8 Å². The third-order valence-corrected chi connectivity index (χ3v) is 9.82. The van der Waals surface area contributed by atoms with Gasteiger partial charge in [0.1, 0.15) is 10.5 Å². The van der Waals surface area contributed by atoms with Crippen molar-refractivity contribution in [2.24, 2.45) is 7.05 Å². The van der Waals surface area contributed by atoms with Gasteiger partial charge in [0.15, 0.2) is 0 Å². The lowest BCUT2D eigenvalue weighted by atomic mass is 9.87. The number of carbonyl (C=O) groups excluding carboxylic acids is 5. The lowest BCUT2D eigenvalue weighted by molar-refractivity contribution is -0.136. The zero-order chi connectivity index (χ0) is 35.0. The molecule has 0 saturated carbocycles. The molecule has 0 radical (unpaired) electrons. The van der Waals surface area contributed by atoms with Gasteiger partial charge >= 0.3 is 0 Å². The average Bonchev–Trinajstić information content (AvgIpc) is 3.34. The molecule has 13 nitrogen and oxygen atoms in total. The van der Waals surface area contributed by atoms with E-state index in [9.17, 15) is 28.8 Å². The first-order chi connectivity index (χ1) is 23.4. The van der Waals surface area contributed by atoms with Crippen molar-refractivity contribution >= 4 is 51.2 Å². The zero-order valence-electron chi connectivity index (χ0n) is 27.2. The summed E-state index contributed by atoms with van der Waals surface area (Å²) in [5.74, 6) is 3.49. The summed E-state index contributed by atoms with van der Waals surface area (Å²) >= 11 is 3.39. The average molecular weight is 729 g/mol. The van der Waals surface area contributed by atoms with Crippen molar-refractivity contribution in [3.8, 4) is 11.8 Å². The quantitative estimate of drug-likeness (QED) is 0.287. The van der Waals surface area contributed by atoms with Crippen LogP contribution in [-0.4, -0.2) is 99.8 Å². The van der Waals surface area contributed by atoms with Crippen molar-refractivity contribution in [3.05, 3.63) is 91.3 Å². The molecule has 0 bridgehead atoms. The van der Waals surface area contributed by atoms with Crippen LogP contribution in [0.15, 0.2) is 57.9 Å². The van der Waals surface area contributed by atoms with Gasteiger partial charge in [-0.25, -0.2) is 4.68 Å². The summed E-state index contributed by atoms with van der Waals surface area (Å²) in [6, 6.07) is 11.3. The third-order valence-electron chi connectivity index (χ3n) is 9.05. The SMILES string of the molecule is CN1CC(Nc2cnn(C)c(=O)c2Br)CC(c2ccc(C(=O)N(C)CC#Cc3cccc4c3C(=O)N(C3CCC(=O)NC3=O)C4=O)cc2)C1. The fourth-order valence-corrected chi connectivity index (χ4v) is 7.03. The number of aryl methyl sites for hydroxylation is 1. The van der Waals surface area contributed by atoms with Crippen molar-refractivity contribution < 1.29 is 24.0 Å². The molecular formula is C35H34BrN7O6. The number of imide groups is 2. The lowest BCUT2D eigenvalue weighted by Gasteiger charge is -2.37. The molecule has 2 fully saturated rings. The molecule has 0 aliphatic carbocycles. The van der Waals surface area contributed by atoms with E-state index in [1.54, 1.807) is 44.6 Å². The number of fused-ring (bicyclic) bond motifs is 1. The van der Waals surface area contributed by atoms with Crippen LogP contribution in [0, 0.1) is 11.8 Å². The van der Waals surface area contributed by atoms with Gasteiger partial charge in [-0.1, -0.05) is 30.0 Å². The number of hydrogen-bond donors (Lipinski definition) is 2. The van der Waals surface area contributed by atoms with Crippen LogP contribution in [0.3, 0.4) is 0 Å². The highest BCUT2D eigenvalue weighted by molar-refractivity contribution is 9.10. The van der Waals surface area contributed by atoms with Crippen molar-refractivity contribution in [3.63, 3.8) is 0 Å². The molecule has 5 amide bonds. The normalized spacial score (nSPS) is 20.7. The standard InChI is InChI=1S/C35H34BrN7O6/c1-40-18-23(16-24(19-40)38-26-17-37-42(3)35(49)30(26)36)20-9-11-22(12-10-20)32(46)41(2)15-5-7-21-6-4-8-25-29(21)34(48)43(33(25)47)27-13-14-28(44)39-31(27)45/h4,6,8-12,17,23-24,27,38H,13-16,18-19H2,1-3H3,(H,39,44,45). The first kappa shape index (κ1) is 33.8. The van der Waals surface area contributed by atoms with E-state index in [0.717, 1.165) is 30.0 Å². The van der Waals surface area contributed by atoms with E-state index in [1.165, 1.54) is 15.6 Å². The van der Waals surface area contributed by atoms with Crippen molar-refractivity contribution in [2.75, 3.05) is 39.0 Å². The van der Waals surface area contributed by atoms with Crippen LogP contribution < -0.4 is 16.2 Å². The number of hydrogen-bond acceptors (Lipinski definition) is 9. The number of aromatic nitrogens is 2. The van der Waals surface area contributed by atoms with E-state index < -0.39 is 29.7 Å². The Balaban J connectivity index is 1.09. The van der Waals surface area contributed by atoms with Crippen LogP contribution >= 0.6 is 15.9 Å². The minimum absolute atomic E-state index is 0.0325. The van der Waals surface area contributed by atoms with Crippen LogP contribution in [0.4, 0.5) is 5.69 Å². The maximum Gasteiger partial charge on any atom is 0.282 e. The largest absolute Gasteiger partial charge is 0.379 e. The van der Waals surface area contributed by atoms with Crippen LogP contribution in [-0.2, 0) is 16.6 Å². The first-order valence-corrected chi connectivity index (χ1v) is 16.6. The summed E-state index contributed by atoms with van der Waals surface area (Å²) in [5.41, 5.74) is 2.62. The predicted octanol–water partition coefficient (Wildman–Crippen LogP) is 1.97. The molecule has 2 aromatic carbocycles. The van der Waals surface area contributed by atoms with E-state index in [2.05, 4.69) is 55.5 Å². The second-order valence-corrected chi connectivity index (χ2v) is 13.3. The number of halogens is 1. The van der Waals surface area contributed by atoms with Crippen LogP contribution in [0.25, 0.3) is 0 Å². The van der Waals surface area contributed by atoms with E-state index in [4.69, 9.17) is 0 Å². The fourth-order valence-electron chi connectivity index (χ4n) is 6.56. The number of likely N-dealkylation sites (N-methyl/N-ethyl adjacent to an activating group) is 1. The van der Waals surface area contributed by atoms with Gasteiger partial charge in [-0.3, -0.25) is 39.0 Å². The van der Waals surface area contributed by atoms with Gasteiger partial charge in [0.05, 0.1) is 29.6 Å². The molecule has 3 aliphatic rings. The number of benzene rings is 2. The highest BCUT2D eigenvalue weighted by atomic mass is 79.9. The molecule has 4 heterocycles. The number of piperidine rings is 2. The second kappa shape index (κ2) is 13.8. The number of likely N-dealkylation sites (tertiary alicyclic amines) is 1. The molecule has 1 aromatic heterocycles. The Labute approximate surface area is 290 Å². The highest BCUT2D eigenvalue weighted by Crippen LogP contribution is 2.31. The zero-order valence-corrected chi connectivity index (χ0v) is 28.7. The topological polar surface area (TPSA) is 154 Å². The lowest BCUT2D eigenvalue weighted by Crippen LogP contribution is -2.54. The molecular weight excluding hydrogens is 694 g/mol. The monoisotopic (exact) mass is 727 g/mol. The highest BCUT2D eigenvalue weighted by Gasteiger charge is 2.45. The number of carbonyl (C=O) groups is 5. The van der Waals surface area contributed by atoms with Crippen molar-refractivity contribution in [1.82, 2.24) is 29.8 Å². The molecule has 6 rings (SSSR count). The van der Waals surface area contributed by atoms with Gasteiger partial charge in [-0.05, 0) is 71.6 Å². The molecule has 49 heavy (non-hydrogen) atoms. The number of amides is 5. The van der Waals surface area contributed by atoms with Gasteiger partial charge < -0.3 is 15.1 Å². The summed E-state index contributed by atoms with van der Waals surface area (Å²) in [4.78, 5) is 80.6. The molecule has 3 aliphatic heterocycles. The first-order valence-electron chi connectivity index (χ1n) is 15.8. The molecule has 252 valence electrons. The molecule has 3 unspecified atom stereocenters. The Hall–Kier alpha value is -5.13. The number of rotatable bonds is 6. The minimum atomic E-state index is -1.07. The Bertz CT molecular complexity index is 2000. The molecule has 14 heteroatoms. The summed E-state index contributed by atoms with van der Waals surface area (Å²) in [6.07, 6.45) is 2.57. The van der Waals surface area contributed by atoms with E-state index in [0.29, 0.717) is 21.3 Å². The number of nitrogens with one attached hydrogen (secondary N) is 2. The second-order valence-electron chi connectivity index (χ2n) is 12.6. The number of anilines is 1. The van der Waals surface area contributed by atoms with Crippen molar-refractivity contribution in [1.29, 1.82) is 0 Å². The Morgan fingerprint density at radius 2 is 1.82 bits per heavy atom. The Kier molecular flexibility index (Phi) is 9.49. The van der Waals surface area contributed by atoms with Crippen LogP contribution in [0.2, 0.25) is 0 Å². The molecule has 3 atom stereocenters. The van der Waals surface area contributed by atoms with E-state index in [-0.39, 0.29) is 53.9 Å². The number of nitrogens with zero attached hydrogens (tertiary/aromatic N) is 5. The predicted molar refractivity (Wildman–Crippen MR) is 183 cm³/mol. The minimum Gasteiger partial charge on any atom is -0.379 e. The van der Waals surface area contributed by atoms with Gasteiger partial charge in [0, 0.05) is 50.8 Å². The Morgan fingerprint density at radius 3 is 2.55 bits per heavy atom. The third kappa shape index (κ3) is 6.77. The van der Waals surface area contributed by atoms with Crippen LogP contribution in [0.1, 0.15) is 67.4 Å². The van der Waals surface area contributed by atoms with Gasteiger partial charge in [-0.15, -0.1) is 0 Å². The smallest absolute Gasteiger partial charge is 0.282 e. The summed E-state index contributed by atoms with van der Waals surface area (Å²) in [5, 5.41) is 9.77. The molecule has 0 spiro atoms. The summed E-state index contributed by atoms with van der Waals surface area (Å²) < 4.78 is 1.72.